The van der Waals surface area contributed by atoms with Gasteiger partial charge >= 0.3 is 12.2 Å². The van der Waals surface area contributed by atoms with Crippen LogP contribution >= 0.6 is 0 Å². The van der Waals surface area contributed by atoms with E-state index in [1.807, 2.05) is 5.32 Å². The molecule has 2 aliphatic heterocycles. The minimum Gasteiger partial charge on any atom is -0.487 e. The number of nitrogens with one attached hydrogen (secondary N) is 3. The normalized spacial score (nSPS) is 23.0. The summed E-state index contributed by atoms with van der Waals surface area (Å²) in [6.07, 6.45) is -6.60. The van der Waals surface area contributed by atoms with Gasteiger partial charge in [-0.2, -0.15) is 13.2 Å². The first kappa shape index (κ1) is 24.7. The van der Waals surface area contributed by atoms with Gasteiger partial charge in [-0.25, -0.2) is 9.18 Å². The molecular formula is C23H23F4N3O5. The monoisotopic (exact) mass is 497 g/mol. The number of fused-ring (bicyclic) bond motifs is 3. The molecule has 188 valence electrons. The average molecular weight is 497 g/mol. The van der Waals surface area contributed by atoms with Crippen molar-refractivity contribution in [1.29, 1.82) is 0 Å². The molecule has 2 aromatic rings. The first-order chi connectivity index (χ1) is 16.6. The summed E-state index contributed by atoms with van der Waals surface area (Å²) in [4.78, 5) is 24.3. The van der Waals surface area contributed by atoms with Crippen LogP contribution < -0.4 is 20.7 Å². The molecule has 0 spiro atoms. The number of urea groups is 1. The zero-order valence-electron chi connectivity index (χ0n) is 18.3. The third-order valence-electron chi connectivity index (χ3n) is 5.76. The number of amides is 3. The Hall–Kier alpha value is -3.38. The van der Waals surface area contributed by atoms with Crippen molar-refractivity contribution in [3.8, 4) is 5.75 Å². The zero-order valence-corrected chi connectivity index (χ0v) is 18.3. The number of anilines is 2. The Morgan fingerprint density at radius 3 is 2.43 bits per heavy atom. The molecule has 35 heavy (non-hydrogen) atoms. The summed E-state index contributed by atoms with van der Waals surface area (Å²) in [6, 6.07) is 9.68. The zero-order chi connectivity index (χ0) is 25.2. The van der Waals surface area contributed by atoms with Crippen LogP contribution in [0.25, 0.3) is 0 Å². The Balaban J connectivity index is 1.43. The first-order valence-electron chi connectivity index (χ1n) is 10.9. The molecule has 2 heterocycles. The molecule has 0 aromatic heterocycles. The topological polar surface area (TPSA) is 109 Å². The second-order valence-corrected chi connectivity index (χ2v) is 8.34. The summed E-state index contributed by atoms with van der Waals surface area (Å²) in [5.41, 5.74) is 1.56. The molecule has 2 aromatic carbocycles. The molecule has 0 saturated carbocycles. The molecule has 8 nitrogen and oxygen atoms in total. The smallest absolute Gasteiger partial charge is 0.405 e. The number of ether oxygens (including phenoxy) is 2. The van der Waals surface area contributed by atoms with Gasteiger partial charge in [0.15, 0.2) is 0 Å². The van der Waals surface area contributed by atoms with Crippen LogP contribution in [0.2, 0.25) is 0 Å². The number of carbonyl (C=O) groups excluding carboxylic acids is 2. The van der Waals surface area contributed by atoms with Gasteiger partial charge in [-0.05, 0) is 48.9 Å². The molecule has 4 rings (SSSR count). The third kappa shape index (κ3) is 6.20. The maximum Gasteiger partial charge on any atom is 0.405 e. The summed E-state index contributed by atoms with van der Waals surface area (Å²) in [6.45, 7) is -1.84. The third-order valence-corrected chi connectivity index (χ3v) is 5.76. The van der Waals surface area contributed by atoms with E-state index in [2.05, 4.69) is 10.6 Å². The lowest BCUT2D eigenvalue weighted by Gasteiger charge is -2.37. The summed E-state index contributed by atoms with van der Waals surface area (Å²) in [7, 11) is 0. The van der Waals surface area contributed by atoms with Crippen molar-refractivity contribution >= 4 is 23.3 Å². The number of rotatable bonds is 6. The minimum atomic E-state index is -4.52. The fraction of sp³-hybridized carbons (Fsp3) is 0.391. The van der Waals surface area contributed by atoms with Crippen molar-refractivity contribution in [1.82, 2.24) is 5.32 Å². The van der Waals surface area contributed by atoms with E-state index in [9.17, 15) is 32.3 Å². The Kier molecular flexibility index (Phi) is 7.13. The fourth-order valence-corrected chi connectivity index (χ4v) is 4.27. The van der Waals surface area contributed by atoms with Gasteiger partial charge in [-0.15, -0.1) is 0 Å². The van der Waals surface area contributed by atoms with Gasteiger partial charge in [-0.1, -0.05) is 0 Å². The van der Waals surface area contributed by atoms with Crippen LogP contribution in [0.4, 0.5) is 33.7 Å². The maximum absolute atomic E-state index is 13.0. The molecule has 1 saturated heterocycles. The summed E-state index contributed by atoms with van der Waals surface area (Å²) < 4.78 is 61.8. The SMILES string of the molecule is O=C(C[C@@H]1C[C@@H]2c3cc(NC(=O)Nc4ccc(F)cc4)ccc3O[C@@H]2[C@H](CO)O1)NCC(F)(F)F. The lowest BCUT2D eigenvalue weighted by molar-refractivity contribution is -0.149. The Morgan fingerprint density at radius 1 is 1.06 bits per heavy atom. The van der Waals surface area contributed by atoms with Crippen molar-refractivity contribution in [2.24, 2.45) is 0 Å². The van der Waals surface area contributed by atoms with Crippen LogP contribution in [0, 0.1) is 5.82 Å². The van der Waals surface area contributed by atoms with Crippen molar-refractivity contribution < 1.29 is 41.7 Å². The highest BCUT2D eigenvalue weighted by Crippen LogP contribution is 2.47. The number of aliphatic hydroxyl groups is 1. The van der Waals surface area contributed by atoms with Crippen molar-refractivity contribution in [3.05, 3.63) is 53.8 Å². The number of hydrogen-bond donors (Lipinski definition) is 4. The highest BCUT2D eigenvalue weighted by molar-refractivity contribution is 5.99. The highest BCUT2D eigenvalue weighted by atomic mass is 19.4. The van der Waals surface area contributed by atoms with Gasteiger partial charge in [0.25, 0.3) is 0 Å². The average Bonchev–Trinajstić information content (AvgIpc) is 3.16. The minimum absolute atomic E-state index is 0.277. The lowest BCUT2D eigenvalue weighted by atomic mass is 9.84. The number of alkyl halides is 3. The molecule has 12 heteroatoms. The van der Waals surface area contributed by atoms with E-state index in [0.717, 1.165) is 5.56 Å². The summed E-state index contributed by atoms with van der Waals surface area (Å²) in [5, 5.41) is 16.9. The summed E-state index contributed by atoms with van der Waals surface area (Å²) in [5.74, 6) is -1.03. The Bertz CT molecular complexity index is 1080. The van der Waals surface area contributed by atoms with E-state index in [-0.39, 0.29) is 18.8 Å². The van der Waals surface area contributed by atoms with Crippen LogP contribution in [0.15, 0.2) is 42.5 Å². The van der Waals surface area contributed by atoms with Gasteiger partial charge in [-0.3, -0.25) is 4.79 Å². The van der Waals surface area contributed by atoms with E-state index in [0.29, 0.717) is 17.1 Å². The Labute approximate surface area is 197 Å². The quantitative estimate of drug-likeness (QED) is 0.457. The second kappa shape index (κ2) is 10.1. The molecule has 0 unspecified atom stereocenters. The van der Waals surface area contributed by atoms with E-state index < -0.39 is 55.4 Å². The maximum atomic E-state index is 13.0. The number of hydrogen-bond acceptors (Lipinski definition) is 5. The van der Waals surface area contributed by atoms with Crippen LogP contribution in [0.1, 0.15) is 24.3 Å². The van der Waals surface area contributed by atoms with E-state index in [4.69, 9.17) is 9.47 Å². The predicted octanol–water partition coefficient (Wildman–Crippen LogP) is 3.53. The van der Waals surface area contributed by atoms with E-state index in [1.165, 1.54) is 24.3 Å². The van der Waals surface area contributed by atoms with Crippen LogP contribution in [0.3, 0.4) is 0 Å². The standard InChI is InChI=1S/C23H23F4N3O5/c24-12-1-3-13(4-2-12)29-22(33)30-14-5-6-18-16(7-14)17-8-15(34-19(10-31)21(17)35-18)9-20(32)28-11-23(25,26)27/h1-7,15,17,19,21,31H,8-11H2,(H,28,32)(H2,29,30,33)/t15-,17+,19-,21-/m0/s1. The van der Waals surface area contributed by atoms with Crippen LogP contribution in [0.5, 0.6) is 5.75 Å². The van der Waals surface area contributed by atoms with Crippen molar-refractivity contribution in [2.75, 3.05) is 23.8 Å². The highest BCUT2D eigenvalue weighted by Gasteiger charge is 2.46. The largest absolute Gasteiger partial charge is 0.487 e. The first-order valence-corrected chi connectivity index (χ1v) is 10.9. The Morgan fingerprint density at radius 2 is 1.74 bits per heavy atom. The van der Waals surface area contributed by atoms with E-state index >= 15 is 0 Å². The summed E-state index contributed by atoms with van der Waals surface area (Å²) >= 11 is 0. The molecule has 0 radical (unpaired) electrons. The molecule has 0 aliphatic carbocycles. The van der Waals surface area contributed by atoms with Crippen LogP contribution in [-0.4, -0.2) is 54.7 Å². The number of aliphatic hydroxyl groups excluding tert-OH is 1. The molecule has 3 amide bonds. The molecule has 4 atom stereocenters. The van der Waals surface area contributed by atoms with E-state index in [1.54, 1.807) is 18.2 Å². The van der Waals surface area contributed by atoms with Gasteiger partial charge in [0.05, 0.1) is 19.1 Å². The molecule has 0 bridgehead atoms. The second-order valence-electron chi connectivity index (χ2n) is 8.34. The van der Waals surface area contributed by atoms with Crippen molar-refractivity contribution in [3.63, 3.8) is 0 Å². The van der Waals surface area contributed by atoms with Crippen LogP contribution in [-0.2, 0) is 9.53 Å². The molecule has 2 aliphatic rings. The van der Waals surface area contributed by atoms with Gasteiger partial charge in [0.2, 0.25) is 5.91 Å². The molecule has 4 N–H and O–H groups in total. The van der Waals surface area contributed by atoms with Crippen molar-refractivity contribution in [2.45, 2.75) is 43.2 Å². The van der Waals surface area contributed by atoms with Gasteiger partial charge < -0.3 is 30.5 Å². The van der Waals surface area contributed by atoms with Gasteiger partial charge in [0.1, 0.15) is 30.3 Å². The number of halogens is 4. The fourth-order valence-electron chi connectivity index (χ4n) is 4.27. The molecule has 1 fully saturated rings. The lowest BCUT2D eigenvalue weighted by Crippen LogP contribution is -2.47. The predicted molar refractivity (Wildman–Crippen MR) is 117 cm³/mol. The molecular weight excluding hydrogens is 474 g/mol. The van der Waals surface area contributed by atoms with Gasteiger partial charge in [0, 0.05) is 22.9 Å². The number of benzene rings is 2. The number of carbonyl (C=O) groups is 2.